The Morgan fingerprint density at radius 1 is 1.18 bits per heavy atom. The number of hydrogen-bond acceptors (Lipinski definition) is 4. The van der Waals surface area contributed by atoms with Crippen LogP contribution in [0.5, 0.6) is 0 Å². The number of amides is 2. The van der Waals surface area contributed by atoms with Gasteiger partial charge in [0, 0.05) is 18.9 Å². The van der Waals surface area contributed by atoms with Gasteiger partial charge < -0.3 is 15.0 Å². The second-order valence-corrected chi connectivity index (χ2v) is 6.67. The molecule has 7 heteroatoms. The number of ether oxygens (including phenoxy) is 1. The first kappa shape index (κ1) is 19.5. The second-order valence-electron chi connectivity index (χ2n) is 6.67. The number of hydrogen-bond donors (Lipinski definition) is 1. The van der Waals surface area contributed by atoms with Crippen molar-refractivity contribution in [3.63, 3.8) is 0 Å². The molecule has 146 valence electrons. The molecule has 0 spiro atoms. The van der Waals surface area contributed by atoms with Crippen LogP contribution in [-0.2, 0) is 25.5 Å². The molecule has 0 aliphatic carbocycles. The number of carbonyl (C=O) groups is 3. The van der Waals surface area contributed by atoms with E-state index >= 15 is 0 Å². The van der Waals surface area contributed by atoms with Gasteiger partial charge in [-0.1, -0.05) is 24.3 Å². The minimum absolute atomic E-state index is 0.0884. The van der Waals surface area contributed by atoms with Crippen LogP contribution in [0.1, 0.15) is 25.3 Å². The van der Waals surface area contributed by atoms with Gasteiger partial charge in [-0.3, -0.25) is 14.4 Å². The first-order chi connectivity index (χ1) is 13.4. The summed E-state index contributed by atoms with van der Waals surface area (Å²) in [6.07, 6.45) is 0.638. The Morgan fingerprint density at radius 3 is 2.64 bits per heavy atom. The third-order valence-corrected chi connectivity index (χ3v) is 4.52. The van der Waals surface area contributed by atoms with Crippen molar-refractivity contribution in [1.82, 2.24) is 0 Å². The van der Waals surface area contributed by atoms with Crippen molar-refractivity contribution in [3.8, 4) is 0 Å². The number of carbonyl (C=O) groups excluding carboxylic acids is 3. The van der Waals surface area contributed by atoms with E-state index in [1.54, 1.807) is 43.3 Å². The molecule has 0 aromatic heterocycles. The number of nitrogens with zero attached hydrogens (tertiary/aromatic N) is 1. The molecule has 1 N–H and O–H groups in total. The van der Waals surface area contributed by atoms with E-state index in [4.69, 9.17) is 4.74 Å². The first-order valence-corrected chi connectivity index (χ1v) is 9.05. The number of para-hydroxylation sites is 2. The molecule has 0 fully saturated rings. The average molecular weight is 384 g/mol. The molecule has 3 rings (SSSR count). The van der Waals surface area contributed by atoms with Crippen LogP contribution in [0.4, 0.5) is 15.8 Å². The van der Waals surface area contributed by atoms with Gasteiger partial charge >= 0.3 is 5.97 Å². The third kappa shape index (κ3) is 4.73. The van der Waals surface area contributed by atoms with Crippen LogP contribution in [0, 0.1) is 5.82 Å². The zero-order valence-corrected chi connectivity index (χ0v) is 15.5. The molecule has 0 saturated heterocycles. The van der Waals surface area contributed by atoms with Crippen molar-refractivity contribution >= 4 is 29.2 Å². The molecular formula is C21H21FN2O4. The molecule has 0 radical (unpaired) electrons. The average Bonchev–Trinajstić information content (AvgIpc) is 2.79. The van der Waals surface area contributed by atoms with Gasteiger partial charge in [0.15, 0.2) is 6.61 Å². The molecule has 1 atom stereocenters. The number of fused-ring (bicyclic) bond motifs is 1. The van der Waals surface area contributed by atoms with Gasteiger partial charge in [0.25, 0.3) is 5.91 Å². The number of nitrogens with one attached hydrogen (secondary N) is 1. The van der Waals surface area contributed by atoms with Crippen LogP contribution < -0.4 is 10.2 Å². The quantitative estimate of drug-likeness (QED) is 0.804. The molecular weight excluding hydrogens is 363 g/mol. The van der Waals surface area contributed by atoms with Crippen molar-refractivity contribution in [2.45, 2.75) is 32.2 Å². The zero-order chi connectivity index (χ0) is 20.1. The summed E-state index contributed by atoms with van der Waals surface area (Å²) in [6.45, 7) is 1.37. The van der Waals surface area contributed by atoms with Crippen molar-refractivity contribution in [1.29, 1.82) is 0 Å². The Kier molecular flexibility index (Phi) is 6.03. The fourth-order valence-corrected chi connectivity index (χ4v) is 3.15. The molecule has 2 aromatic rings. The van der Waals surface area contributed by atoms with E-state index in [0.29, 0.717) is 17.8 Å². The molecule has 1 heterocycles. The van der Waals surface area contributed by atoms with Gasteiger partial charge in [-0.05, 0) is 43.2 Å². The highest BCUT2D eigenvalue weighted by Gasteiger charge is 2.29. The maximum absolute atomic E-state index is 12.9. The summed E-state index contributed by atoms with van der Waals surface area (Å²) in [6, 6.07) is 12.5. The number of esters is 1. The monoisotopic (exact) mass is 384 g/mol. The molecule has 0 saturated carbocycles. The number of halogens is 1. The predicted octanol–water partition coefficient (Wildman–Crippen LogP) is 3.07. The van der Waals surface area contributed by atoms with Crippen LogP contribution in [0.2, 0.25) is 0 Å². The van der Waals surface area contributed by atoms with Gasteiger partial charge in [-0.25, -0.2) is 4.39 Å². The van der Waals surface area contributed by atoms with Gasteiger partial charge in [0.2, 0.25) is 5.91 Å². The Hall–Kier alpha value is -3.22. The molecule has 0 unspecified atom stereocenters. The lowest BCUT2D eigenvalue weighted by atomic mass is 10.1. The molecule has 1 aliphatic heterocycles. The smallest absolute Gasteiger partial charge is 0.306 e. The Bertz CT molecular complexity index is 882. The number of anilines is 2. The molecule has 0 bridgehead atoms. The fraction of sp³-hybridized carbons (Fsp3) is 0.286. The maximum atomic E-state index is 12.9. The third-order valence-electron chi connectivity index (χ3n) is 4.52. The molecule has 2 amide bonds. The van der Waals surface area contributed by atoms with Crippen LogP contribution in [0.15, 0.2) is 48.5 Å². The van der Waals surface area contributed by atoms with Crippen molar-refractivity contribution in [2.24, 2.45) is 0 Å². The number of rotatable bonds is 5. The minimum Gasteiger partial charge on any atom is -0.456 e. The van der Waals surface area contributed by atoms with E-state index in [-0.39, 0.29) is 30.6 Å². The first-order valence-electron chi connectivity index (χ1n) is 9.05. The number of aryl methyl sites for hydroxylation is 1. The Labute approximate surface area is 162 Å². The molecule has 2 aromatic carbocycles. The van der Waals surface area contributed by atoms with E-state index in [2.05, 4.69) is 5.32 Å². The topological polar surface area (TPSA) is 75.7 Å². The van der Waals surface area contributed by atoms with Crippen molar-refractivity contribution in [2.75, 3.05) is 16.8 Å². The Morgan fingerprint density at radius 2 is 1.89 bits per heavy atom. The van der Waals surface area contributed by atoms with Crippen molar-refractivity contribution in [3.05, 3.63) is 59.9 Å². The summed E-state index contributed by atoms with van der Waals surface area (Å²) in [4.78, 5) is 38.2. The lowest BCUT2D eigenvalue weighted by molar-refractivity contribution is -0.148. The lowest BCUT2D eigenvalue weighted by Gasteiger charge is -2.27. The summed E-state index contributed by atoms with van der Waals surface area (Å²) in [5, 5.41) is 2.78. The van der Waals surface area contributed by atoms with Gasteiger partial charge in [-0.2, -0.15) is 0 Å². The highest BCUT2D eigenvalue weighted by Crippen LogP contribution is 2.31. The van der Waals surface area contributed by atoms with Gasteiger partial charge in [-0.15, -0.1) is 0 Å². The Balaban J connectivity index is 1.59. The van der Waals surface area contributed by atoms with Crippen LogP contribution in [-0.4, -0.2) is 30.4 Å². The lowest BCUT2D eigenvalue weighted by Crippen LogP contribution is -2.41. The van der Waals surface area contributed by atoms with Crippen LogP contribution in [0.25, 0.3) is 0 Å². The van der Waals surface area contributed by atoms with Crippen molar-refractivity contribution < 1.29 is 23.5 Å². The molecule has 6 nitrogen and oxygen atoms in total. The van der Waals surface area contributed by atoms with Gasteiger partial charge in [0.05, 0.1) is 11.4 Å². The van der Waals surface area contributed by atoms with Crippen LogP contribution in [0.3, 0.4) is 0 Å². The fourth-order valence-electron chi connectivity index (χ4n) is 3.15. The highest BCUT2D eigenvalue weighted by molar-refractivity contribution is 6.05. The summed E-state index contributed by atoms with van der Waals surface area (Å²) < 4.78 is 18.0. The van der Waals surface area contributed by atoms with E-state index in [0.717, 1.165) is 5.56 Å². The largest absolute Gasteiger partial charge is 0.456 e. The standard InChI is InChI=1S/C21H21FN2O4/c1-14-12-19(25)23-17-4-2-3-5-18(17)24(14)20(26)13-28-21(27)11-8-15-6-9-16(22)10-7-15/h2-7,9-10,14H,8,11-13H2,1H3,(H,23,25)/t14-/m0/s1. The van der Waals surface area contributed by atoms with Crippen LogP contribution >= 0.6 is 0 Å². The SMILES string of the molecule is C[C@H]1CC(=O)Nc2ccccc2N1C(=O)COC(=O)CCc1ccc(F)cc1. The normalized spacial score (nSPS) is 16.0. The van der Waals surface area contributed by atoms with E-state index in [1.807, 2.05) is 0 Å². The summed E-state index contributed by atoms with van der Waals surface area (Å²) in [5.41, 5.74) is 1.94. The maximum Gasteiger partial charge on any atom is 0.306 e. The highest BCUT2D eigenvalue weighted by atomic mass is 19.1. The summed E-state index contributed by atoms with van der Waals surface area (Å²) in [5.74, 6) is -1.42. The molecule has 28 heavy (non-hydrogen) atoms. The second kappa shape index (κ2) is 8.65. The van der Waals surface area contributed by atoms with E-state index < -0.39 is 18.5 Å². The summed E-state index contributed by atoms with van der Waals surface area (Å²) >= 11 is 0. The van der Waals surface area contributed by atoms with E-state index in [1.165, 1.54) is 17.0 Å². The van der Waals surface area contributed by atoms with E-state index in [9.17, 15) is 18.8 Å². The zero-order valence-electron chi connectivity index (χ0n) is 15.5. The molecule has 1 aliphatic rings. The van der Waals surface area contributed by atoms with Gasteiger partial charge in [0.1, 0.15) is 5.82 Å². The number of benzene rings is 2. The minimum atomic E-state index is -0.511. The summed E-state index contributed by atoms with van der Waals surface area (Å²) in [7, 11) is 0. The predicted molar refractivity (Wildman–Crippen MR) is 102 cm³/mol.